The molecule has 0 heterocycles. The molecule has 112 valence electrons. The van der Waals surface area contributed by atoms with E-state index >= 15 is 0 Å². The van der Waals surface area contributed by atoms with Crippen molar-refractivity contribution in [1.82, 2.24) is 0 Å². The van der Waals surface area contributed by atoms with Crippen LogP contribution < -0.4 is 9.47 Å². The number of ether oxygens (including phenoxy) is 3. The van der Waals surface area contributed by atoms with E-state index in [0.29, 0.717) is 22.1 Å². The van der Waals surface area contributed by atoms with Gasteiger partial charge >= 0.3 is 5.97 Å². The van der Waals surface area contributed by atoms with E-state index in [4.69, 9.17) is 25.8 Å². The highest BCUT2D eigenvalue weighted by atomic mass is 35.5. The first-order valence-electron chi connectivity index (χ1n) is 6.56. The molecule has 0 amide bonds. The zero-order chi connectivity index (χ0) is 15.3. The number of methoxy groups -OCH3 is 1. The first kappa shape index (κ1) is 16.6. The summed E-state index contributed by atoms with van der Waals surface area (Å²) in [6, 6.07) is 3.41. The van der Waals surface area contributed by atoms with Gasteiger partial charge in [0, 0.05) is 11.6 Å². The molecule has 0 saturated carbocycles. The molecule has 1 aromatic rings. The van der Waals surface area contributed by atoms with Crippen molar-refractivity contribution in [3.8, 4) is 11.5 Å². The summed E-state index contributed by atoms with van der Waals surface area (Å²) >= 11 is 6.18. The van der Waals surface area contributed by atoms with E-state index in [9.17, 15) is 4.79 Å². The van der Waals surface area contributed by atoms with Crippen LogP contribution in [0.25, 0.3) is 0 Å². The molecule has 0 aliphatic rings. The Morgan fingerprint density at radius 1 is 1.10 bits per heavy atom. The Balaban J connectivity index is 3.15. The number of rotatable bonds is 6. The summed E-state index contributed by atoms with van der Waals surface area (Å²) in [5.74, 6) is 0.777. The fraction of sp³-hybridized carbons (Fsp3) is 0.533. The molecule has 4 nitrogen and oxygen atoms in total. The topological polar surface area (TPSA) is 44.8 Å². The second-order valence-electron chi connectivity index (χ2n) is 4.98. The Morgan fingerprint density at radius 2 is 1.65 bits per heavy atom. The van der Waals surface area contributed by atoms with Crippen LogP contribution in [-0.2, 0) is 16.0 Å². The van der Waals surface area contributed by atoms with Crippen LogP contribution in [0.4, 0.5) is 0 Å². The molecular formula is C15H21ClO4. The van der Waals surface area contributed by atoms with Gasteiger partial charge in [-0.3, -0.25) is 4.79 Å². The molecule has 1 rings (SSSR count). The molecule has 1 aromatic carbocycles. The highest BCUT2D eigenvalue weighted by Crippen LogP contribution is 2.34. The van der Waals surface area contributed by atoms with Crippen molar-refractivity contribution < 1.29 is 19.0 Å². The van der Waals surface area contributed by atoms with Crippen LogP contribution in [0.2, 0.25) is 5.02 Å². The van der Waals surface area contributed by atoms with Crippen LogP contribution >= 0.6 is 11.6 Å². The Hall–Kier alpha value is -1.42. The van der Waals surface area contributed by atoms with E-state index in [1.165, 1.54) is 7.11 Å². The summed E-state index contributed by atoms with van der Waals surface area (Å²) in [5, 5.41) is 0.461. The van der Waals surface area contributed by atoms with Gasteiger partial charge in [0.15, 0.2) is 0 Å². The third-order valence-electron chi connectivity index (χ3n) is 2.40. The van der Waals surface area contributed by atoms with Gasteiger partial charge < -0.3 is 14.2 Å². The predicted molar refractivity (Wildman–Crippen MR) is 78.7 cm³/mol. The minimum absolute atomic E-state index is 0.00431. The van der Waals surface area contributed by atoms with E-state index in [1.54, 1.807) is 12.1 Å². The quantitative estimate of drug-likeness (QED) is 0.753. The summed E-state index contributed by atoms with van der Waals surface area (Å²) in [7, 11) is 1.35. The van der Waals surface area contributed by atoms with Crippen LogP contribution in [0.15, 0.2) is 12.1 Å². The van der Waals surface area contributed by atoms with Crippen molar-refractivity contribution in [3.05, 3.63) is 22.7 Å². The monoisotopic (exact) mass is 300 g/mol. The average molecular weight is 301 g/mol. The maximum atomic E-state index is 11.5. The summed E-state index contributed by atoms with van der Waals surface area (Å²) in [6.07, 6.45) is 0.0964. The van der Waals surface area contributed by atoms with Gasteiger partial charge in [-0.2, -0.15) is 0 Å². The Labute approximate surface area is 125 Å². The van der Waals surface area contributed by atoms with Crippen LogP contribution in [0.3, 0.4) is 0 Å². The molecule has 0 N–H and O–H groups in total. The van der Waals surface area contributed by atoms with Crippen molar-refractivity contribution >= 4 is 17.6 Å². The third kappa shape index (κ3) is 4.93. The molecule has 0 radical (unpaired) electrons. The van der Waals surface area contributed by atoms with Crippen molar-refractivity contribution in [3.63, 3.8) is 0 Å². The molecule has 0 spiro atoms. The number of hydrogen-bond acceptors (Lipinski definition) is 4. The lowest BCUT2D eigenvalue weighted by atomic mass is 10.1. The standard InChI is InChI=1S/C15H21ClO4/c1-9(2)19-13-8-12(16)14(20-10(3)4)6-11(13)7-15(17)18-5/h6,8-10H,7H2,1-5H3. The second kappa shape index (κ2) is 7.39. The molecule has 0 saturated heterocycles. The molecule has 0 aromatic heterocycles. The Kier molecular flexibility index (Phi) is 6.14. The maximum absolute atomic E-state index is 11.5. The zero-order valence-corrected chi connectivity index (χ0v) is 13.3. The highest BCUT2D eigenvalue weighted by Gasteiger charge is 2.16. The van der Waals surface area contributed by atoms with Crippen LogP contribution in [0, 0.1) is 0 Å². The first-order valence-corrected chi connectivity index (χ1v) is 6.93. The van der Waals surface area contributed by atoms with E-state index in [1.807, 2.05) is 27.7 Å². The van der Waals surface area contributed by atoms with Gasteiger partial charge in [-0.25, -0.2) is 0 Å². The molecule has 0 aliphatic carbocycles. The zero-order valence-electron chi connectivity index (χ0n) is 12.5. The molecular weight excluding hydrogens is 280 g/mol. The van der Waals surface area contributed by atoms with Gasteiger partial charge in [-0.05, 0) is 33.8 Å². The predicted octanol–water partition coefficient (Wildman–Crippen LogP) is 3.63. The van der Waals surface area contributed by atoms with Gasteiger partial charge in [0.05, 0.1) is 30.8 Å². The van der Waals surface area contributed by atoms with Crippen molar-refractivity contribution in [1.29, 1.82) is 0 Å². The van der Waals surface area contributed by atoms with E-state index in [2.05, 4.69) is 0 Å². The van der Waals surface area contributed by atoms with Crippen molar-refractivity contribution in [2.75, 3.05) is 7.11 Å². The van der Waals surface area contributed by atoms with Gasteiger partial charge in [0.1, 0.15) is 11.5 Å². The number of benzene rings is 1. The van der Waals surface area contributed by atoms with Crippen LogP contribution in [0.5, 0.6) is 11.5 Å². The van der Waals surface area contributed by atoms with E-state index in [0.717, 1.165) is 0 Å². The minimum Gasteiger partial charge on any atom is -0.491 e. The molecule has 0 fully saturated rings. The molecule has 20 heavy (non-hydrogen) atoms. The normalized spacial score (nSPS) is 10.8. The summed E-state index contributed by atoms with van der Waals surface area (Å²) in [5.41, 5.74) is 0.700. The maximum Gasteiger partial charge on any atom is 0.310 e. The van der Waals surface area contributed by atoms with Gasteiger partial charge in [-0.15, -0.1) is 0 Å². The highest BCUT2D eigenvalue weighted by molar-refractivity contribution is 6.32. The van der Waals surface area contributed by atoms with Crippen molar-refractivity contribution in [2.45, 2.75) is 46.3 Å². The van der Waals surface area contributed by atoms with E-state index in [-0.39, 0.29) is 24.6 Å². The van der Waals surface area contributed by atoms with Gasteiger partial charge in [-0.1, -0.05) is 11.6 Å². The Morgan fingerprint density at radius 3 is 2.15 bits per heavy atom. The molecule has 0 bridgehead atoms. The molecule has 0 unspecified atom stereocenters. The fourth-order valence-electron chi connectivity index (χ4n) is 1.65. The number of halogens is 1. The lowest BCUT2D eigenvalue weighted by molar-refractivity contribution is -0.139. The van der Waals surface area contributed by atoms with Crippen LogP contribution in [0.1, 0.15) is 33.3 Å². The number of carbonyl (C=O) groups is 1. The molecule has 0 aliphatic heterocycles. The lowest BCUT2D eigenvalue weighted by Gasteiger charge is -2.18. The third-order valence-corrected chi connectivity index (χ3v) is 2.70. The molecule has 5 heteroatoms. The summed E-state index contributed by atoms with van der Waals surface area (Å²) in [6.45, 7) is 7.65. The van der Waals surface area contributed by atoms with E-state index < -0.39 is 0 Å². The second-order valence-corrected chi connectivity index (χ2v) is 5.38. The number of esters is 1. The van der Waals surface area contributed by atoms with Crippen LogP contribution in [-0.4, -0.2) is 25.3 Å². The number of hydrogen-bond donors (Lipinski definition) is 0. The lowest BCUT2D eigenvalue weighted by Crippen LogP contribution is -2.12. The van der Waals surface area contributed by atoms with Crippen molar-refractivity contribution in [2.24, 2.45) is 0 Å². The molecule has 0 atom stereocenters. The first-order chi connectivity index (χ1) is 9.33. The number of carbonyl (C=O) groups excluding carboxylic acids is 1. The Bertz CT molecular complexity index is 469. The summed E-state index contributed by atoms with van der Waals surface area (Å²) in [4.78, 5) is 11.5. The summed E-state index contributed by atoms with van der Waals surface area (Å²) < 4.78 is 16.0. The van der Waals surface area contributed by atoms with Gasteiger partial charge in [0.2, 0.25) is 0 Å². The average Bonchev–Trinajstić information content (AvgIpc) is 2.33. The smallest absolute Gasteiger partial charge is 0.310 e. The van der Waals surface area contributed by atoms with Gasteiger partial charge in [0.25, 0.3) is 0 Å². The fourth-order valence-corrected chi connectivity index (χ4v) is 1.85. The SMILES string of the molecule is COC(=O)Cc1cc(OC(C)C)c(Cl)cc1OC(C)C. The minimum atomic E-state index is -0.337. The largest absolute Gasteiger partial charge is 0.491 e.